The molecule has 0 radical (unpaired) electrons. The van der Waals surface area contributed by atoms with Crippen LogP contribution in [0.4, 0.5) is 17.1 Å². The molecule has 106 valence electrons. The number of nitro groups is 1. The quantitative estimate of drug-likeness (QED) is 0.518. The minimum Gasteiger partial charge on any atom is -0.398 e. The van der Waals surface area contributed by atoms with Crippen LogP contribution in [-0.4, -0.2) is 11.0 Å². The van der Waals surface area contributed by atoms with E-state index in [0.717, 1.165) is 12.2 Å². The molecule has 0 unspecified atom stereocenters. The Morgan fingerprint density at radius 3 is 2.70 bits per heavy atom. The smallest absolute Gasteiger partial charge is 0.273 e. The van der Waals surface area contributed by atoms with Gasteiger partial charge in [-0.25, -0.2) is 0 Å². The highest BCUT2D eigenvalue weighted by molar-refractivity contribution is 7.09. The second-order valence-corrected chi connectivity index (χ2v) is 5.87. The van der Waals surface area contributed by atoms with Crippen LogP contribution >= 0.6 is 11.3 Å². The third kappa shape index (κ3) is 3.27. The number of nitrogen functional groups attached to an aromatic ring is 1. The average Bonchev–Trinajstić information content (AvgIpc) is 2.87. The van der Waals surface area contributed by atoms with Crippen molar-refractivity contribution >= 4 is 28.4 Å². The highest BCUT2D eigenvalue weighted by Gasteiger charge is 2.16. The van der Waals surface area contributed by atoms with Gasteiger partial charge in [-0.15, -0.1) is 11.3 Å². The number of rotatable bonds is 5. The maximum Gasteiger partial charge on any atom is 0.273 e. The SMILES string of the molecule is CC(C)N(Cc1cccs1)c1cc(N)cc([N+](=O)[O-])c1. The van der Waals surface area contributed by atoms with Crippen LogP contribution in [-0.2, 0) is 6.54 Å². The van der Waals surface area contributed by atoms with Gasteiger partial charge in [0.1, 0.15) is 0 Å². The average molecular weight is 291 g/mol. The second kappa shape index (κ2) is 5.92. The minimum atomic E-state index is -0.413. The molecule has 0 aliphatic rings. The first-order chi connectivity index (χ1) is 9.47. The molecule has 2 aromatic rings. The van der Waals surface area contributed by atoms with E-state index in [2.05, 4.69) is 24.8 Å². The Morgan fingerprint density at radius 1 is 1.40 bits per heavy atom. The maximum atomic E-state index is 10.9. The predicted octanol–water partition coefficient (Wildman–Crippen LogP) is 3.65. The van der Waals surface area contributed by atoms with Gasteiger partial charge in [0.25, 0.3) is 5.69 Å². The topological polar surface area (TPSA) is 72.4 Å². The summed E-state index contributed by atoms with van der Waals surface area (Å²) < 4.78 is 0. The van der Waals surface area contributed by atoms with Gasteiger partial charge in [-0.05, 0) is 31.4 Å². The Balaban J connectivity index is 2.36. The standard InChI is InChI=1S/C14H17N3O2S/c1-10(2)16(9-14-4-3-5-20-14)12-6-11(15)7-13(8-12)17(18)19/h3-8,10H,9,15H2,1-2H3. The number of non-ortho nitro benzene ring substituents is 1. The zero-order valence-electron chi connectivity index (χ0n) is 11.4. The number of nitro benzene ring substituents is 1. The molecule has 0 aliphatic carbocycles. The van der Waals surface area contributed by atoms with Crippen LogP contribution in [0.15, 0.2) is 35.7 Å². The molecule has 0 spiro atoms. The van der Waals surface area contributed by atoms with Gasteiger partial charge >= 0.3 is 0 Å². The number of hydrogen-bond acceptors (Lipinski definition) is 5. The van der Waals surface area contributed by atoms with E-state index >= 15 is 0 Å². The molecule has 6 heteroatoms. The van der Waals surface area contributed by atoms with Gasteiger partial charge in [0, 0.05) is 34.4 Å². The van der Waals surface area contributed by atoms with Gasteiger partial charge in [-0.3, -0.25) is 10.1 Å². The fourth-order valence-electron chi connectivity index (χ4n) is 2.03. The van der Waals surface area contributed by atoms with Crippen LogP contribution in [0, 0.1) is 10.1 Å². The molecule has 1 aromatic heterocycles. The van der Waals surface area contributed by atoms with Crippen molar-refractivity contribution in [3.63, 3.8) is 0 Å². The van der Waals surface area contributed by atoms with E-state index < -0.39 is 4.92 Å². The van der Waals surface area contributed by atoms with E-state index in [4.69, 9.17) is 5.73 Å². The number of anilines is 2. The van der Waals surface area contributed by atoms with Crippen LogP contribution in [0.3, 0.4) is 0 Å². The van der Waals surface area contributed by atoms with E-state index in [1.165, 1.54) is 10.9 Å². The van der Waals surface area contributed by atoms with Gasteiger partial charge in [-0.2, -0.15) is 0 Å². The van der Waals surface area contributed by atoms with Crippen molar-refractivity contribution in [1.82, 2.24) is 0 Å². The van der Waals surface area contributed by atoms with E-state index in [1.807, 2.05) is 11.4 Å². The summed E-state index contributed by atoms with van der Waals surface area (Å²) in [5.41, 5.74) is 6.99. The van der Waals surface area contributed by atoms with E-state index in [1.54, 1.807) is 23.5 Å². The van der Waals surface area contributed by atoms with Crippen LogP contribution in [0.5, 0.6) is 0 Å². The molecule has 0 bridgehead atoms. The van der Waals surface area contributed by atoms with Crippen molar-refractivity contribution < 1.29 is 4.92 Å². The lowest BCUT2D eigenvalue weighted by molar-refractivity contribution is -0.384. The third-order valence-corrected chi connectivity index (χ3v) is 3.86. The van der Waals surface area contributed by atoms with E-state index in [0.29, 0.717) is 5.69 Å². The van der Waals surface area contributed by atoms with Crippen molar-refractivity contribution in [1.29, 1.82) is 0 Å². The molecule has 2 N–H and O–H groups in total. The summed E-state index contributed by atoms with van der Waals surface area (Å²) in [4.78, 5) is 13.9. The predicted molar refractivity (Wildman–Crippen MR) is 83.1 cm³/mol. The summed E-state index contributed by atoms with van der Waals surface area (Å²) in [5, 5.41) is 13.0. The summed E-state index contributed by atoms with van der Waals surface area (Å²) >= 11 is 1.67. The summed E-state index contributed by atoms with van der Waals surface area (Å²) in [6.45, 7) is 4.83. The van der Waals surface area contributed by atoms with Crippen molar-refractivity contribution in [2.75, 3.05) is 10.6 Å². The van der Waals surface area contributed by atoms with Crippen LogP contribution in [0.25, 0.3) is 0 Å². The largest absolute Gasteiger partial charge is 0.398 e. The number of nitrogens with zero attached hydrogens (tertiary/aromatic N) is 2. The normalized spacial score (nSPS) is 10.8. The van der Waals surface area contributed by atoms with Gasteiger partial charge in [-0.1, -0.05) is 6.07 Å². The molecule has 0 saturated carbocycles. The molecule has 0 amide bonds. The minimum absolute atomic E-state index is 0.0248. The van der Waals surface area contributed by atoms with Crippen LogP contribution in [0.1, 0.15) is 18.7 Å². The van der Waals surface area contributed by atoms with Crippen molar-refractivity contribution in [2.45, 2.75) is 26.4 Å². The van der Waals surface area contributed by atoms with Crippen molar-refractivity contribution in [3.05, 3.63) is 50.7 Å². The molecule has 1 heterocycles. The van der Waals surface area contributed by atoms with Gasteiger partial charge in [0.05, 0.1) is 11.5 Å². The monoisotopic (exact) mass is 291 g/mol. The molecule has 0 atom stereocenters. The maximum absolute atomic E-state index is 10.9. The highest BCUT2D eigenvalue weighted by atomic mass is 32.1. The Labute approximate surface area is 121 Å². The lowest BCUT2D eigenvalue weighted by Crippen LogP contribution is -2.29. The molecule has 0 aliphatic heterocycles. The zero-order valence-corrected chi connectivity index (χ0v) is 12.3. The Hall–Kier alpha value is -2.08. The molecule has 1 aromatic carbocycles. The Kier molecular flexibility index (Phi) is 4.24. The molecule has 5 nitrogen and oxygen atoms in total. The number of nitrogens with two attached hydrogens (primary N) is 1. The first kappa shape index (κ1) is 14.3. The summed E-state index contributed by atoms with van der Waals surface area (Å²) in [6.07, 6.45) is 0. The Morgan fingerprint density at radius 2 is 2.15 bits per heavy atom. The van der Waals surface area contributed by atoms with Crippen LogP contribution < -0.4 is 10.6 Å². The molecule has 20 heavy (non-hydrogen) atoms. The number of benzene rings is 1. The van der Waals surface area contributed by atoms with Crippen molar-refractivity contribution in [3.8, 4) is 0 Å². The lowest BCUT2D eigenvalue weighted by atomic mass is 10.2. The summed E-state index contributed by atoms with van der Waals surface area (Å²) in [7, 11) is 0. The molecule has 2 rings (SSSR count). The van der Waals surface area contributed by atoms with E-state index in [-0.39, 0.29) is 11.7 Å². The zero-order chi connectivity index (χ0) is 14.7. The van der Waals surface area contributed by atoms with E-state index in [9.17, 15) is 10.1 Å². The summed E-state index contributed by atoms with van der Waals surface area (Å²) in [5.74, 6) is 0. The summed E-state index contributed by atoms with van der Waals surface area (Å²) in [6, 6.07) is 9.01. The molecular weight excluding hydrogens is 274 g/mol. The van der Waals surface area contributed by atoms with Gasteiger partial charge in [0.2, 0.25) is 0 Å². The number of thiophene rings is 1. The van der Waals surface area contributed by atoms with Crippen molar-refractivity contribution in [2.24, 2.45) is 0 Å². The fourth-order valence-corrected chi connectivity index (χ4v) is 2.73. The first-order valence-electron chi connectivity index (χ1n) is 6.31. The lowest BCUT2D eigenvalue weighted by Gasteiger charge is -2.28. The highest BCUT2D eigenvalue weighted by Crippen LogP contribution is 2.28. The first-order valence-corrected chi connectivity index (χ1v) is 7.19. The fraction of sp³-hybridized carbons (Fsp3) is 0.286. The Bertz CT molecular complexity index is 596. The van der Waals surface area contributed by atoms with Gasteiger partial charge < -0.3 is 10.6 Å². The molecule has 0 fully saturated rings. The third-order valence-electron chi connectivity index (χ3n) is 3.00. The molecule has 0 saturated heterocycles. The van der Waals surface area contributed by atoms with Crippen LogP contribution in [0.2, 0.25) is 0 Å². The molecular formula is C14H17N3O2S. The van der Waals surface area contributed by atoms with Gasteiger partial charge in [0.15, 0.2) is 0 Å². The second-order valence-electron chi connectivity index (χ2n) is 4.84. The number of hydrogen-bond donors (Lipinski definition) is 1.